The third-order valence-electron chi connectivity index (χ3n) is 4.18. The van der Waals surface area contributed by atoms with E-state index in [1.54, 1.807) is 34.1 Å². The summed E-state index contributed by atoms with van der Waals surface area (Å²) < 4.78 is 0. The molecule has 8 heteroatoms. The Morgan fingerprint density at radius 3 is 2.58 bits per heavy atom. The molecule has 1 aliphatic rings. The number of carbonyl (C=O) groups is 3. The van der Waals surface area contributed by atoms with Crippen molar-refractivity contribution in [2.24, 2.45) is 0 Å². The number of ketones is 1. The maximum absolute atomic E-state index is 12.6. The van der Waals surface area contributed by atoms with Crippen LogP contribution in [-0.2, 0) is 4.79 Å². The van der Waals surface area contributed by atoms with Crippen molar-refractivity contribution in [2.75, 3.05) is 31.5 Å². The number of hydrogen-bond acceptors (Lipinski definition) is 6. The molecule has 0 spiro atoms. The number of aromatic nitrogens is 2. The van der Waals surface area contributed by atoms with Gasteiger partial charge >= 0.3 is 0 Å². The van der Waals surface area contributed by atoms with Crippen molar-refractivity contribution in [2.45, 2.75) is 6.92 Å². The van der Waals surface area contributed by atoms with Gasteiger partial charge in [0.1, 0.15) is 17.8 Å². The first-order valence-corrected chi connectivity index (χ1v) is 8.25. The monoisotopic (exact) mass is 353 g/mol. The second kappa shape index (κ2) is 7.73. The molecule has 0 bridgehead atoms. The molecule has 8 nitrogen and oxygen atoms in total. The third kappa shape index (κ3) is 4.02. The van der Waals surface area contributed by atoms with Crippen LogP contribution in [0.1, 0.15) is 27.8 Å². The number of nitrogens with zero attached hydrogens (tertiary/aromatic N) is 4. The first kappa shape index (κ1) is 17.5. The molecule has 0 aliphatic carbocycles. The molecular formula is C18H19N5O3. The zero-order valence-electron chi connectivity index (χ0n) is 14.4. The van der Waals surface area contributed by atoms with Gasteiger partial charge in [0.05, 0.1) is 0 Å². The van der Waals surface area contributed by atoms with Crippen molar-refractivity contribution < 1.29 is 14.4 Å². The van der Waals surface area contributed by atoms with Crippen LogP contribution >= 0.6 is 0 Å². The van der Waals surface area contributed by atoms with E-state index in [1.807, 2.05) is 6.07 Å². The highest BCUT2D eigenvalue weighted by atomic mass is 16.2. The SMILES string of the molecule is CC(=O)c1cccc(Nc2cc(C(=O)N3CCN(C=O)CC3)ncn2)c1. The maximum atomic E-state index is 12.6. The van der Waals surface area contributed by atoms with Crippen molar-refractivity contribution >= 4 is 29.6 Å². The molecule has 26 heavy (non-hydrogen) atoms. The second-order valence-electron chi connectivity index (χ2n) is 5.98. The van der Waals surface area contributed by atoms with E-state index in [9.17, 15) is 14.4 Å². The van der Waals surface area contributed by atoms with E-state index in [-0.39, 0.29) is 17.4 Å². The van der Waals surface area contributed by atoms with Gasteiger partial charge in [0.15, 0.2) is 5.78 Å². The van der Waals surface area contributed by atoms with Gasteiger partial charge in [-0.3, -0.25) is 14.4 Å². The molecular weight excluding hydrogens is 334 g/mol. The van der Waals surface area contributed by atoms with Crippen LogP contribution < -0.4 is 5.32 Å². The first-order valence-electron chi connectivity index (χ1n) is 8.25. The van der Waals surface area contributed by atoms with Crippen LogP contribution in [0, 0.1) is 0 Å². The van der Waals surface area contributed by atoms with Crippen molar-refractivity contribution in [3.63, 3.8) is 0 Å². The molecule has 1 aliphatic heterocycles. The molecule has 1 aromatic carbocycles. The Bertz CT molecular complexity index is 831. The number of anilines is 2. The van der Waals surface area contributed by atoms with Gasteiger partial charge in [-0.2, -0.15) is 0 Å². The van der Waals surface area contributed by atoms with E-state index < -0.39 is 0 Å². The van der Waals surface area contributed by atoms with Crippen molar-refractivity contribution in [1.82, 2.24) is 19.8 Å². The molecule has 2 heterocycles. The lowest BCUT2D eigenvalue weighted by Gasteiger charge is -2.32. The van der Waals surface area contributed by atoms with Gasteiger partial charge in [-0.15, -0.1) is 0 Å². The number of benzene rings is 1. The number of amides is 2. The maximum Gasteiger partial charge on any atom is 0.272 e. The number of carbonyl (C=O) groups excluding carboxylic acids is 3. The summed E-state index contributed by atoms with van der Waals surface area (Å²) in [5.74, 6) is 0.246. The highest BCUT2D eigenvalue weighted by Crippen LogP contribution is 2.17. The Kier molecular flexibility index (Phi) is 5.21. The van der Waals surface area contributed by atoms with Crippen LogP contribution in [0.25, 0.3) is 0 Å². The summed E-state index contributed by atoms with van der Waals surface area (Å²) in [5.41, 5.74) is 1.58. The molecule has 0 atom stereocenters. The minimum absolute atomic E-state index is 0.0262. The van der Waals surface area contributed by atoms with Gasteiger partial charge in [-0.1, -0.05) is 12.1 Å². The molecule has 3 rings (SSSR count). The Labute approximate surface area is 150 Å². The lowest BCUT2D eigenvalue weighted by Crippen LogP contribution is -2.48. The molecule has 1 saturated heterocycles. The molecule has 0 unspecified atom stereocenters. The van der Waals surface area contributed by atoms with Gasteiger partial charge < -0.3 is 15.1 Å². The summed E-state index contributed by atoms with van der Waals surface area (Å²) in [7, 11) is 0. The van der Waals surface area contributed by atoms with Gasteiger partial charge in [-0.25, -0.2) is 9.97 Å². The number of rotatable bonds is 5. The molecule has 2 amide bonds. The van der Waals surface area contributed by atoms with Crippen molar-refractivity contribution in [3.8, 4) is 0 Å². The number of hydrogen-bond donors (Lipinski definition) is 1. The highest BCUT2D eigenvalue weighted by molar-refractivity contribution is 5.95. The summed E-state index contributed by atoms with van der Waals surface area (Å²) in [6, 6.07) is 8.63. The molecule has 0 saturated carbocycles. The van der Waals surface area contributed by atoms with Crippen LogP contribution in [0.3, 0.4) is 0 Å². The van der Waals surface area contributed by atoms with Crippen molar-refractivity contribution in [1.29, 1.82) is 0 Å². The fraction of sp³-hybridized carbons (Fsp3) is 0.278. The Morgan fingerprint density at radius 2 is 1.88 bits per heavy atom. The standard InChI is InChI=1S/C18H19N5O3/c1-13(25)14-3-2-4-15(9-14)21-17-10-16(19-11-20-17)18(26)23-7-5-22(12-24)6-8-23/h2-4,9-12H,5-8H2,1H3,(H,19,20,21). The average molecular weight is 353 g/mol. The predicted molar refractivity (Wildman–Crippen MR) is 95.3 cm³/mol. The quantitative estimate of drug-likeness (QED) is 0.644. The number of Topliss-reactive ketones (excluding diaryl/α,β-unsaturated/α-hetero) is 1. The minimum Gasteiger partial charge on any atom is -0.342 e. The summed E-state index contributed by atoms with van der Waals surface area (Å²) in [6.07, 6.45) is 2.12. The van der Waals surface area contributed by atoms with E-state index in [0.717, 1.165) is 6.41 Å². The normalized spacial score (nSPS) is 14.0. The molecule has 2 aromatic rings. The van der Waals surface area contributed by atoms with Gasteiger partial charge in [0.2, 0.25) is 6.41 Å². The smallest absolute Gasteiger partial charge is 0.272 e. The van der Waals surface area contributed by atoms with Crippen LogP contribution in [0.4, 0.5) is 11.5 Å². The largest absolute Gasteiger partial charge is 0.342 e. The number of nitrogens with one attached hydrogen (secondary N) is 1. The Balaban J connectivity index is 1.72. The average Bonchev–Trinajstić information content (AvgIpc) is 2.68. The lowest BCUT2D eigenvalue weighted by atomic mass is 10.1. The Hall–Kier alpha value is -3.29. The van der Waals surface area contributed by atoms with Crippen molar-refractivity contribution in [3.05, 3.63) is 47.9 Å². The lowest BCUT2D eigenvalue weighted by molar-refractivity contribution is -0.119. The first-order chi connectivity index (χ1) is 12.6. The van der Waals surface area contributed by atoms with E-state index in [2.05, 4.69) is 15.3 Å². The topological polar surface area (TPSA) is 95.5 Å². The second-order valence-corrected chi connectivity index (χ2v) is 5.98. The zero-order chi connectivity index (χ0) is 18.5. The van der Waals surface area contributed by atoms with E-state index in [4.69, 9.17) is 0 Å². The molecule has 134 valence electrons. The fourth-order valence-electron chi connectivity index (χ4n) is 2.70. The van der Waals surface area contributed by atoms with Crippen LogP contribution in [0.5, 0.6) is 0 Å². The van der Waals surface area contributed by atoms with E-state index in [0.29, 0.717) is 43.2 Å². The highest BCUT2D eigenvalue weighted by Gasteiger charge is 2.22. The van der Waals surface area contributed by atoms with Gasteiger partial charge in [-0.05, 0) is 19.1 Å². The summed E-state index contributed by atoms with van der Waals surface area (Å²) in [5, 5.41) is 3.08. The van der Waals surface area contributed by atoms with Crippen LogP contribution in [-0.4, -0.2) is 64.0 Å². The summed E-state index contributed by atoms with van der Waals surface area (Å²) in [4.78, 5) is 46.3. The Morgan fingerprint density at radius 1 is 1.12 bits per heavy atom. The molecule has 0 radical (unpaired) electrons. The fourth-order valence-corrected chi connectivity index (χ4v) is 2.70. The zero-order valence-corrected chi connectivity index (χ0v) is 14.4. The number of piperazine rings is 1. The molecule has 1 aromatic heterocycles. The molecule has 1 fully saturated rings. The summed E-state index contributed by atoms with van der Waals surface area (Å²) in [6.45, 7) is 3.49. The minimum atomic E-state index is -0.196. The summed E-state index contributed by atoms with van der Waals surface area (Å²) >= 11 is 0. The van der Waals surface area contributed by atoms with Gasteiger partial charge in [0.25, 0.3) is 5.91 Å². The van der Waals surface area contributed by atoms with Crippen LogP contribution in [0.2, 0.25) is 0 Å². The van der Waals surface area contributed by atoms with Gasteiger partial charge in [0, 0.05) is 43.5 Å². The third-order valence-corrected chi connectivity index (χ3v) is 4.18. The van der Waals surface area contributed by atoms with E-state index >= 15 is 0 Å². The van der Waals surface area contributed by atoms with Crippen LogP contribution in [0.15, 0.2) is 36.7 Å². The van der Waals surface area contributed by atoms with E-state index in [1.165, 1.54) is 13.3 Å². The predicted octanol–water partition coefficient (Wildman–Crippen LogP) is 1.34. The molecule has 1 N–H and O–H groups in total.